The van der Waals surface area contributed by atoms with Gasteiger partial charge in [-0.15, -0.1) is 0 Å². The van der Waals surface area contributed by atoms with Crippen molar-refractivity contribution in [3.8, 4) is 0 Å². The van der Waals surface area contributed by atoms with Gasteiger partial charge in [0, 0.05) is 6.42 Å². The molecule has 0 fully saturated rings. The number of hydrogen-bond donors (Lipinski definition) is 3. The molecule has 3 atom stereocenters. The Bertz CT molecular complexity index is 1160. The average Bonchev–Trinajstić information content (AvgIpc) is 3.24. The van der Waals surface area contributed by atoms with Crippen molar-refractivity contribution in [3.05, 3.63) is 85.1 Å². The van der Waals surface area contributed by atoms with E-state index in [1.165, 1.54) is 103 Å². The van der Waals surface area contributed by atoms with E-state index in [0.29, 0.717) is 19.3 Å². The lowest BCUT2D eigenvalue weighted by molar-refractivity contribution is -0.151. The number of nitrogens with one attached hydrogen (secondary N) is 1. The van der Waals surface area contributed by atoms with E-state index in [9.17, 15) is 19.8 Å². The molecular formula is C54H93NO5. The maximum absolute atomic E-state index is 13.2. The molecule has 0 aromatic carbocycles. The fourth-order valence-electron chi connectivity index (χ4n) is 7.09. The van der Waals surface area contributed by atoms with Crippen LogP contribution in [-0.2, 0) is 14.3 Å². The van der Waals surface area contributed by atoms with E-state index in [-0.39, 0.29) is 24.9 Å². The number of aliphatic hydroxyl groups is 2. The lowest BCUT2D eigenvalue weighted by Gasteiger charge is -2.24. The third kappa shape index (κ3) is 41.8. The number of carbonyl (C=O) groups excluding carboxylic acids is 2. The number of amides is 1. The molecule has 3 N–H and O–H groups in total. The fraction of sp³-hybridized carbons (Fsp3) is 0.704. The Kier molecular flexibility index (Phi) is 44.8. The molecule has 0 aromatic heterocycles. The summed E-state index contributed by atoms with van der Waals surface area (Å²) >= 11 is 0. The molecule has 0 spiro atoms. The van der Waals surface area contributed by atoms with Crippen molar-refractivity contribution in [3.63, 3.8) is 0 Å². The van der Waals surface area contributed by atoms with Crippen molar-refractivity contribution in [2.45, 2.75) is 238 Å². The molecule has 0 aliphatic heterocycles. The van der Waals surface area contributed by atoms with Gasteiger partial charge in [-0.25, -0.2) is 0 Å². The lowest BCUT2D eigenvalue weighted by Crippen LogP contribution is -2.46. The molecule has 1 amide bonds. The molecule has 0 aromatic rings. The van der Waals surface area contributed by atoms with Crippen molar-refractivity contribution in [1.82, 2.24) is 5.32 Å². The third-order valence-corrected chi connectivity index (χ3v) is 10.9. The zero-order valence-corrected chi connectivity index (χ0v) is 39.1. The van der Waals surface area contributed by atoms with Crippen LogP contribution in [0.5, 0.6) is 0 Å². The first-order valence-corrected chi connectivity index (χ1v) is 24.9. The number of aliphatic hydroxyl groups excluding tert-OH is 2. The van der Waals surface area contributed by atoms with Crippen molar-refractivity contribution >= 4 is 11.9 Å². The van der Waals surface area contributed by atoms with Gasteiger partial charge in [-0.3, -0.25) is 9.59 Å². The molecule has 0 bridgehead atoms. The molecule has 0 heterocycles. The molecule has 6 heteroatoms. The number of rotatable bonds is 43. The van der Waals surface area contributed by atoms with Gasteiger partial charge in [-0.05, 0) is 64.2 Å². The molecule has 0 rings (SSSR count). The number of unbranched alkanes of at least 4 members (excludes halogenated alkanes) is 22. The van der Waals surface area contributed by atoms with Crippen LogP contribution in [0.4, 0.5) is 0 Å². The molecule has 6 nitrogen and oxygen atoms in total. The highest BCUT2D eigenvalue weighted by molar-refractivity contribution is 5.77. The van der Waals surface area contributed by atoms with Crippen LogP contribution in [0.1, 0.15) is 220 Å². The van der Waals surface area contributed by atoms with Gasteiger partial charge in [0.2, 0.25) is 5.91 Å². The highest BCUT2D eigenvalue weighted by Crippen LogP contribution is 2.16. The zero-order chi connectivity index (χ0) is 43.8. The van der Waals surface area contributed by atoms with Gasteiger partial charge < -0.3 is 20.3 Å². The summed E-state index contributed by atoms with van der Waals surface area (Å²) in [4.78, 5) is 26.1. The molecule has 0 saturated carbocycles. The highest BCUT2D eigenvalue weighted by atomic mass is 16.5. The van der Waals surface area contributed by atoms with Crippen LogP contribution in [-0.4, -0.2) is 46.9 Å². The van der Waals surface area contributed by atoms with Crippen LogP contribution < -0.4 is 5.32 Å². The van der Waals surface area contributed by atoms with E-state index in [4.69, 9.17) is 4.74 Å². The molecule has 344 valence electrons. The van der Waals surface area contributed by atoms with Crippen LogP contribution in [0.2, 0.25) is 0 Å². The summed E-state index contributed by atoms with van der Waals surface area (Å²) in [5.74, 6) is -0.576. The van der Waals surface area contributed by atoms with E-state index in [1.54, 1.807) is 0 Å². The Balaban J connectivity index is 4.76. The van der Waals surface area contributed by atoms with Crippen LogP contribution in [0.3, 0.4) is 0 Å². The first kappa shape index (κ1) is 57.0. The van der Waals surface area contributed by atoms with Crippen molar-refractivity contribution in [2.24, 2.45) is 0 Å². The van der Waals surface area contributed by atoms with E-state index in [0.717, 1.165) is 70.6 Å². The molecule has 0 aliphatic carbocycles. The summed E-state index contributed by atoms with van der Waals surface area (Å²) in [6.07, 6.45) is 60.7. The number of allylic oxidation sites excluding steroid dienone is 14. The molecule has 60 heavy (non-hydrogen) atoms. The van der Waals surface area contributed by atoms with Gasteiger partial charge in [0.05, 0.1) is 25.2 Å². The van der Waals surface area contributed by atoms with Gasteiger partial charge in [-0.1, -0.05) is 228 Å². The average molecular weight is 836 g/mol. The summed E-state index contributed by atoms with van der Waals surface area (Å²) in [7, 11) is 0. The van der Waals surface area contributed by atoms with E-state index in [1.807, 2.05) is 42.5 Å². The minimum atomic E-state index is -0.810. The second kappa shape index (κ2) is 47.1. The predicted molar refractivity (Wildman–Crippen MR) is 259 cm³/mol. The maximum Gasteiger partial charge on any atom is 0.306 e. The normalized spacial score (nSPS) is 14.0. The maximum atomic E-state index is 13.2. The summed E-state index contributed by atoms with van der Waals surface area (Å²) in [5.41, 5.74) is 0. The highest BCUT2D eigenvalue weighted by Gasteiger charge is 2.24. The first-order valence-electron chi connectivity index (χ1n) is 24.9. The molecule has 3 unspecified atom stereocenters. The first-order chi connectivity index (χ1) is 29.5. The summed E-state index contributed by atoms with van der Waals surface area (Å²) in [6.45, 7) is 6.30. The Morgan fingerprint density at radius 3 is 1.42 bits per heavy atom. The SMILES string of the molecule is CC/C=C/C=C/C=C\C=C/C=C/CCCCCC(=O)OC(CCC/C=C/C=C/CCCCCCCCC)CC(=O)NC(CO)C(O)CCCCCCCCCCCCCC. The van der Waals surface area contributed by atoms with E-state index >= 15 is 0 Å². The minimum Gasteiger partial charge on any atom is -0.462 e. The monoisotopic (exact) mass is 836 g/mol. The quantitative estimate of drug-likeness (QED) is 0.0323. The number of hydrogen-bond acceptors (Lipinski definition) is 5. The van der Waals surface area contributed by atoms with E-state index in [2.05, 4.69) is 68.6 Å². The summed E-state index contributed by atoms with van der Waals surface area (Å²) in [6, 6.07) is -0.728. The van der Waals surface area contributed by atoms with Crippen LogP contribution in [0.15, 0.2) is 85.1 Å². The van der Waals surface area contributed by atoms with Gasteiger partial charge in [0.15, 0.2) is 0 Å². The standard InChI is InChI=1S/C54H93NO5/c1-4-7-10-13-16-19-22-25-27-29-32-35-38-41-44-47-54(59)60-50(45-42-39-36-33-30-28-26-23-20-17-14-11-8-5-2)48-53(58)55-51(49-56)52(57)46-43-40-37-34-31-24-21-18-15-12-9-6-3/h7,10,13,16,19,22,25,27-30,32-33,36,50-52,56-57H,4-6,8-9,11-12,14-15,17-18,20-21,23-24,26,31,34-35,37-49H2,1-3H3,(H,55,58)/b10-7+,16-13+,22-19-,27-25-,30-28+,32-29+,36-33+. The molecule has 0 saturated heterocycles. The minimum absolute atomic E-state index is 0.0231. The Labute approximate surface area is 370 Å². The van der Waals surface area contributed by atoms with Crippen LogP contribution in [0.25, 0.3) is 0 Å². The molecule has 0 aliphatic rings. The van der Waals surface area contributed by atoms with Gasteiger partial charge in [0.25, 0.3) is 0 Å². The fourth-order valence-corrected chi connectivity index (χ4v) is 7.09. The van der Waals surface area contributed by atoms with Crippen LogP contribution >= 0.6 is 0 Å². The van der Waals surface area contributed by atoms with Gasteiger partial charge in [0.1, 0.15) is 6.10 Å². The number of ether oxygens (including phenoxy) is 1. The molecule has 0 radical (unpaired) electrons. The second-order valence-corrected chi connectivity index (χ2v) is 16.6. The van der Waals surface area contributed by atoms with Gasteiger partial charge >= 0.3 is 5.97 Å². The largest absolute Gasteiger partial charge is 0.462 e. The molecular weight excluding hydrogens is 743 g/mol. The van der Waals surface area contributed by atoms with Crippen molar-refractivity contribution < 1.29 is 24.5 Å². The van der Waals surface area contributed by atoms with E-state index < -0.39 is 18.2 Å². The Morgan fingerprint density at radius 2 is 0.917 bits per heavy atom. The van der Waals surface area contributed by atoms with Gasteiger partial charge in [-0.2, -0.15) is 0 Å². The third-order valence-electron chi connectivity index (χ3n) is 10.9. The number of carbonyl (C=O) groups is 2. The summed E-state index contributed by atoms with van der Waals surface area (Å²) in [5, 5.41) is 23.7. The lowest BCUT2D eigenvalue weighted by atomic mass is 10.0. The Morgan fingerprint density at radius 1 is 0.500 bits per heavy atom. The number of esters is 1. The zero-order valence-electron chi connectivity index (χ0n) is 39.1. The van der Waals surface area contributed by atoms with Crippen molar-refractivity contribution in [2.75, 3.05) is 6.61 Å². The van der Waals surface area contributed by atoms with Crippen molar-refractivity contribution in [1.29, 1.82) is 0 Å². The van der Waals surface area contributed by atoms with Crippen LogP contribution in [0, 0.1) is 0 Å². The summed E-state index contributed by atoms with van der Waals surface area (Å²) < 4.78 is 5.88. The predicted octanol–water partition coefficient (Wildman–Crippen LogP) is 14.8. The second-order valence-electron chi connectivity index (χ2n) is 16.6. The smallest absolute Gasteiger partial charge is 0.306 e. The topological polar surface area (TPSA) is 95.9 Å². The Hall–Kier alpha value is -2.96.